The molecule has 4 nitrogen and oxygen atoms in total. The third-order valence-electron chi connectivity index (χ3n) is 4.62. The van der Waals surface area contributed by atoms with Gasteiger partial charge in [0.05, 0.1) is 17.3 Å². The fraction of sp³-hybridized carbons (Fsp3) is 0.467. The van der Waals surface area contributed by atoms with Gasteiger partial charge in [-0.3, -0.25) is 0 Å². The van der Waals surface area contributed by atoms with Crippen LogP contribution in [0.1, 0.15) is 18.9 Å². The lowest BCUT2D eigenvalue weighted by Crippen LogP contribution is -2.48. The van der Waals surface area contributed by atoms with Gasteiger partial charge in [0.2, 0.25) is 0 Å². The summed E-state index contributed by atoms with van der Waals surface area (Å²) in [6, 6.07) is 8.27. The Kier molecular flexibility index (Phi) is 3.00. The first-order valence-corrected chi connectivity index (χ1v) is 7.58. The second-order valence-corrected chi connectivity index (χ2v) is 6.18. The summed E-state index contributed by atoms with van der Waals surface area (Å²) >= 11 is 6.23. The summed E-state index contributed by atoms with van der Waals surface area (Å²) in [6.45, 7) is 3.59. The molecule has 1 unspecified atom stereocenters. The lowest BCUT2D eigenvalue weighted by atomic mass is 9.84. The number of benzene rings is 1. The first-order chi connectivity index (χ1) is 9.81. The van der Waals surface area contributed by atoms with Gasteiger partial charge in [-0.15, -0.1) is 5.10 Å². The minimum absolute atomic E-state index is 0.473. The number of piperidine rings is 3. The lowest BCUT2D eigenvalue weighted by molar-refractivity contribution is 0.0504. The minimum atomic E-state index is 0.473. The van der Waals surface area contributed by atoms with E-state index in [4.69, 9.17) is 11.6 Å². The Bertz CT molecular complexity index is 616. The predicted octanol–water partition coefficient (Wildman–Crippen LogP) is 2.87. The van der Waals surface area contributed by atoms with E-state index in [-0.39, 0.29) is 0 Å². The first kappa shape index (κ1) is 12.4. The molecule has 0 spiro atoms. The molecule has 0 saturated carbocycles. The molecule has 3 aliphatic rings. The zero-order valence-corrected chi connectivity index (χ0v) is 12.0. The van der Waals surface area contributed by atoms with E-state index in [9.17, 15) is 0 Å². The molecule has 5 rings (SSSR count). The van der Waals surface area contributed by atoms with Crippen LogP contribution in [0.15, 0.2) is 30.5 Å². The summed E-state index contributed by atoms with van der Waals surface area (Å²) < 4.78 is 2.05. The molecule has 5 heteroatoms. The number of hydrogen-bond acceptors (Lipinski definition) is 3. The Labute approximate surface area is 123 Å². The smallest absolute Gasteiger partial charge is 0.114 e. The monoisotopic (exact) mass is 288 g/mol. The standard InChI is InChI=1S/C15H17ClN4/c16-13-4-2-1-3-12(13)14-9-20(18-17-14)15-10-19-7-5-11(15)6-8-19/h1-4,9,11,15H,5-8,10H2. The van der Waals surface area contributed by atoms with Gasteiger partial charge in [-0.25, -0.2) is 4.68 Å². The van der Waals surface area contributed by atoms with Crippen molar-refractivity contribution in [1.29, 1.82) is 0 Å². The Hall–Kier alpha value is -1.39. The van der Waals surface area contributed by atoms with Gasteiger partial charge in [0.1, 0.15) is 5.69 Å². The van der Waals surface area contributed by atoms with Crippen molar-refractivity contribution in [2.45, 2.75) is 18.9 Å². The Morgan fingerprint density at radius 2 is 1.95 bits per heavy atom. The number of nitrogens with zero attached hydrogens (tertiary/aromatic N) is 4. The highest BCUT2D eigenvalue weighted by molar-refractivity contribution is 6.33. The van der Waals surface area contributed by atoms with Gasteiger partial charge in [0, 0.05) is 12.1 Å². The number of rotatable bonds is 2. The highest BCUT2D eigenvalue weighted by Crippen LogP contribution is 2.36. The van der Waals surface area contributed by atoms with Crippen LogP contribution in [-0.2, 0) is 0 Å². The molecule has 0 N–H and O–H groups in total. The highest BCUT2D eigenvalue weighted by atomic mass is 35.5. The third-order valence-corrected chi connectivity index (χ3v) is 4.95. The van der Waals surface area contributed by atoms with Crippen LogP contribution in [0.25, 0.3) is 11.3 Å². The van der Waals surface area contributed by atoms with Crippen molar-refractivity contribution in [2.24, 2.45) is 5.92 Å². The van der Waals surface area contributed by atoms with E-state index in [0.29, 0.717) is 6.04 Å². The van der Waals surface area contributed by atoms with E-state index in [1.54, 1.807) is 0 Å². The number of hydrogen-bond donors (Lipinski definition) is 0. The summed E-state index contributed by atoms with van der Waals surface area (Å²) in [5.74, 6) is 0.751. The molecule has 0 amide bonds. The van der Waals surface area contributed by atoms with Gasteiger partial charge in [0.25, 0.3) is 0 Å². The summed E-state index contributed by atoms with van der Waals surface area (Å²) in [5, 5.41) is 9.40. The van der Waals surface area contributed by atoms with Crippen molar-refractivity contribution in [1.82, 2.24) is 19.9 Å². The second-order valence-electron chi connectivity index (χ2n) is 5.77. The van der Waals surface area contributed by atoms with Crippen molar-refractivity contribution in [3.63, 3.8) is 0 Å². The number of aromatic nitrogens is 3. The molecule has 2 aromatic rings. The van der Waals surface area contributed by atoms with E-state index in [0.717, 1.165) is 28.7 Å². The molecule has 104 valence electrons. The zero-order chi connectivity index (χ0) is 13.5. The Morgan fingerprint density at radius 3 is 2.65 bits per heavy atom. The Morgan fingerprint density at radius 1 is 1.15 bits per heavy atom. The predicted molar refractivity (Wildman–Crippen MR) is 78.7 cm³/mol. The molecule has 1 atom stereocenters. The summed E-state index contributed by atoms with van der Waals surface area (Å²) in [6.07, 6.45) is 4.62. The van der Waals surface area contributed by atoms with Gasteiger partial charge in [0.15, 0.2) is 0 Å². The van der Waals surface area contributed by atoms with Crippen LogP contribution in [0.4, 0.5) is 0 Å². The molecule has 2 bridgehead atoms. The van der Waals surface area contributed by atoms with E-state index in [1.165, 1.54) is 25.9 Å². The summed E-state index contributed by atoms with van der Waals surface area (Å²) in [4.78, 5) is 2.53. The molecule has 0 radical (unpaired) electrons. The van der Waals surface area contributed by atoms with E-state index >= 15 is 0 Å². The first-order valence-electron chi connectivity index (χ1n) is 7.20. The molecule has 0 aliphatic carbocycles. The van der Waals surface area contributed by atoms with E-state index in [1.807, 2.05) is 30.5 Å². The van der Waals surface area contributed by atoms with Gasteiger partial charge in [-0.05, 0) is 37.9 Å². The van der Waals surface area contributed by atoms with Crippen LogP contribution in [0.3, 0.4) is 0 Å². The van der Waals surface area contributed by atoms with Crippen LogP contribution in [0.5, 0.6) is 0 Å². The quantitative estimate of drug-likeness (QED) is 0.852. The SMILES string of the molecule is Clc1ccccc1-c1cn(C2CN3CCC2CC3)nn1. The van der Waals surface area contributed by atoms with E-state index < -0.39 is 0 Å². The molecule has 3 aliphatic heterocycles. The van der Waals surface area contributed by atoms with Gasteiger partial charge < -0.3 is 4.90 Å². The van der Waals surface area contributed by atoms with Crippen molar-refractivity contribution >= 4 is 11.6 Å². The average molecular weight is 289 g/mol. The Balaban J connectivity index is 1.64. The second kappa shape index (κ2) is 4.86. The molecular formula is C15H17ClN4. The van der Waals surface area contributed by atoms with Crippen molar-refractivity contribution in [3.05, 3.63) is 35.5 Å². The van der Waals surface area contributed by atoms with Crippen LogP contribution in [-0.4, -0.2) is 39.5 Å². The molecule has 1 aromatic carbocycles. The van der Waals surface area contributed by atoms with Crippen molar-refractivity contribution in [3.8, 4) is 11.3 Å². The van der Waals surface area contributed by atoms with Crippen LogP contribution in [0.2, 0.25) is 5.02 Å². The fourth-order valence-electron chi connectivity index (χ4n) is 3.46. The molecule has 20 heavy (non-hydrogen) atoms. The normalized spacial score (nSPS) is 28.8. The maximum absolute atomic E-state index is 6.23. The van der Waals surface area contributed by atoms with Crippen LogP contribution >= 0.6 is 11.6 Å². The minimum Gasteiger partial charge on any atom is -0.301 e. The van der Waals surface area contributed by atoms with Gasteiger partial charge in [-0.1, -0.05) is 35.0 Å². The maximum atomic E-state index is 6.23. The molecular weight excluding hydrogens is 272 g/mol. The van der Waals surface area contributed by atoms with Crippen molar-refractivity contribution < 1.29 is 0 Å². The van der Waals surface area contributed by atoms with Crippen LogP contribution < -0.4 is 0 Å². The number of halogens is 1. The molecule has 4 heterocycles. The molecule has 3 fully saturated rings. The molecule has 3 saturated heterocycles. The van der Waals surface area contributed by atoms with Crippen LogP contribution in [0, 0.1) is 5.92 Å². The molecule has 1 aromatic heterocycles. The lowest BCUT2D eigenvalue weighted by Gasteiger charge is -2.44. The average Bonchev–Trinajstić information content (AvgIpc) is 2.98. The highest BCUT2D eigenvalue weighted by Gasteiger charge is 2.35. The largest absolute Gasteiger partial charge is 0.301 e. The topological polar surface area (TPSA) is 34.0 Å². The summed E-state index contributed by atoms with van der Waals surface area (Å²) in [7, 11) is 0. The van der Waals surface area contributed by atoms with Gasteiger partial charge >= 0.3 is 0 Å². The zero-order valence-electron chi connectivity index (χ0n) is 11.2. The van der Waals surface area contributed by atoms with Crippen molar-refractivity contribution in [2.75, 3.05) is 19.6 Å². The van der Waals surface area contributed by atoms with Gasteiger partial charge in [-0.2, -0.15) is 0 Å². The number of fused-ring (bicyclic) bond motifs is 3. The fourth-order valence-corrected chi connectivity index (χ4v) is 3.70. The summed E-state index contributed by atoms with van der Waals surface area (Å²) in [5.41, 5.74) is 1.83. The van der Waals surface area contributed by atoms with E-state index in [2.05, 4.69) is 19.9 Å². The maximum Gasteiger partial charge on any atom is 0.114 e. The third kappa shape index (κ3) is 2.03.